The Balaban J connectivity index is 2.16. The summed E-state index contributed by atoms with van der Waals surface area (Å²) >= 11 is 0. The number of carbonyl (C=O) groups is 4. The molecule has 12 nitrogen and oxygen atoms in total. The molecule has 0 spiro atoms. The van der Waals surface area contributed by atoms with Crippen molar-refractivity contribution < 1.29 is 40.8 Å². The Kier molecular flexibility index (Phi) is 14.3. The van der Waals surface area contributed by atoms with E-state index in [0.29, 0.717) is 12.0 Å². The minimum Gasteiger partial charge on any atom is -0.354 e. The van der Waals surface area contributed by atoms with Crippen LogP contribution in [0.3, 0.4) is 0 Å². The Labute approximate surface area is 282 Å². The molecule has 16 heteroatoms. The summed E-state index contributed by atoms with van der Waals surface area (Å²) in [6, 6.07) is 0.793. The van der Waals surface area contributed by atoms with Gasteiger partial charge in [-0.2, -0.15) is 0 Å². The van der Waals surface area contributed by atoms with Crippen LogP contribution >= 0.6 is 0 Å². The highest BCUT2D eigenvalue weighted by Crippen LogP contribution is 2.27. The molecule has 4 N–H and O–H groups in total. The quantitative estimate of drug-likeness (QED) is 0.233. The number of urea groups is 1. The zero-order valence-corrected chi connectivity index (χ0v) is 29.8. The monoisotopic (exact) mass is 704 g/mol. The van der Waals surface area contributed by atoms with Crippen LogP contribution in [0, 0.1) is 16.6 Å². The van der Waals surface area contributed by atoms with Crippen LogP contribution < -0.4 is 21.3 Å². The molecule has 0 saturated carbocycles. The van der Waals surface area contributed by atoms with Crippen LogP contribution in [0.4, 0.5) is 18.0 Å². The first-order valence-corrected chi connectivity index (χ1v) is 17.8. The number of nitrogens with one attached hydrogen (secondary N) is 4. The van der Waals surface area contributed by atoms with E-state index in [2.05, 4.69) is 21.3 Å². The van der Waals surface area contributed by atoms with E-state index < -0.39 is 87.4 Å². The third-order valence-corrected chi connectivity index (χ3v) is 9.56. The molecule has 0 bridgehead atoms. The number of amides is 5. The number of hydrogen-bond acceptors (Lipinski definition) is 6. The summed E-state index contributed by atoms with van der Waals surface area (Å²) < 4.78 is 66.0. The number of carbonyl (C=O) groups excluding carboxylic acids is 4. The van der Waals surface area contributed by atoms with E-state index >= 15 is 0 Å². The fraction of sp³-hybridized carbons (Fsp3) is 0.688. The molecule has 272 valence electrons. The summed E-state index contributed by atoms with van der Waals surface area (Å²) in [6.07, 6.45) is -2.09. The fourth-order valence-corrected chi connectivity index (χ4v) is 5.62. The van der Waals surface area contributed by atoms with Crippen LogP contribution in [-0.4, -0.2) is 105 Å². The van der Waals surface area contributed by atoms with E-state index in [-0.39, 0.29) is 32.5 Å². The highest BCUT2D eigenvalue weighted by Gasteiger charge is 2.43. The zero-order valence-electron chi connectivity index (χ0n) is 29.0. The van der Waals surface area contributed by atoms with E-state index in [0.717, 1.165) is 10.6 Å². The molecule has 1 aromatic rings. The van der Waals surface area contributed by atoms with Gasteiger partial charge < -0.3 is 26.2 Å². The second-order valence-corrected chi connectivity index (χ2v) is 16.5. The summed E-state index contributed by atoms with van der Waals surface area (Å²) in [4.78, 5) is 54.7. The number of hydrogen-bond donors (Lipinski definition) is 4. The van der Waals surface area contributed by atoms with Gasteiger partial charge in [-0.05, 0) is 41.7 Å². The van der Waals surface area contributed by atoms with Crippen molar-refractivity contribution in [1.82, 2.24) is 30.5 Å². The van der Waals surface area contributed by atoms with Crippen LogP contribution in [0.2, 0.25) is 0 Å². The molecule has 0 aliphatic carbocycles. The first-order chi connectivity index (χ1) is 22.0. The van der Waals surface area contributed by atoms with Gasteiger partial charge in [0.1, 0.15) is 23.9 Å². The first-order valence-electron chi connectivity index (χ1n) is 15.9. The van der Waals surface area contributed by atoms with Crippen molar-refractivity contribution in [2.75, 3.05) is 32.9 Å². The molecule has 4 atom stereocenters. The SMILES string of the molecule is CN(C[C@@H](NC(=O)N[C@H](C(=O)N1CCC[C@H]1C(=O)N[C@@H](CC(F)F)C(=O)NCCc1ccccc1F)C(C)(C)C)C(C)(C)C)S(C)(=O)=O. The molecule has 0 unspecified atom stereocenters. The van der Waals surface area contributed by atoms with Crippen molar-refractivity contribution in [2.24, 2.45) is 10.8 Å². The van der Waals surface area contributed by atoms with E-state index in [1.807, 2.05) is 20.8 Å². The highest BCUT2D eigenvalue weighted by molar-refractivity contribution is 7.88. The minimum absolute atomic E-state index is 0.0191. The van der Waals surface area contributed by atoms with Gasteiger partial charge in [-0.3, -0.25) is 14.4 Å². The Bertz CT molecular complexity index is 1400. The van der Waals surface area contributed by atoms with Gasteiger partial charge in [0.2, 0.25) is 34.2 Å². The van der Waals surface area contributed by atoms with Crippen LogP contribution in [0.15, 0.2) is 24.3 Å². The molecule has 48 heavy (non-hydrogen) atoms. The molecule has 5 amide bonds. The Hall–Kier alpha value is -3.40. The number of halogens is 3. The molecule has 2 rings (SSSR count). The number of alkyl halides is 2. The molecule has 0 radical (unpaired) electrons. The molecule has 1 aliphatic heterocycles. The van der Waals surface area contributed by atoms with Crippen LogP contribution in [0.5, 0.6) is 0 Å². The van der Waals surface area contributed by atoms with Gasteiger partial charge in [-0.15, -0.1) is 0 Å². The lowest BCUT2D eigenvalue weighted by Gasteiger charge is -2.37. The minimum atomic E-state index is -3.54. The van der Waals surface area contributed by atoms with Crippen molar-refractivity contribution in [3.63, 3.8) is 0 Å². The number of sulfonamides is 1. The molecule has 1 saturated heterocycles. The molecule has 1 aliphatic rings. The van der Waals surface area contributed by atoms with Crippen molar-refractivity contribution in [3.8, 4) is 0 Å². The Morgan fingerprint density at radius 1 is 1.00 bits per heavy atom. The molecular formula is C32H51F3N6O6S. The van der Waals surface area contributed by atoms with Crippen molar-refractivity contribution >= 4 is 33.8 Å². The van der Waals surface area contributed by atoms with E-state index in [1.54, 1.807) is 26.8 Å². The number of likely N-dealkylation sites (N-methyl/N-ethyl adjacent to an activating group) is 1. The standard InChI is InChI=1S/C32H51F3N6O6S/c1-31(2,3)24(19-40(7)48(8,46)47)38-30(45)39-26(32(4,5)6)29(44)41-17-11-14-23(41)28(43)37-22(18-25(34)35)27(42)36-16-15-20-12-9-10-13-21(20)33/h9-10,12-13,22-26H,11,14-19H2,1-8H3,(H,36,42)(H,37,43)(H2,38,39,45)/t22-,23-,24+,26+/m0/s1. The van der Waals surface area contributed by atoms with E-state index in [4.69, 9.17) is 0 Å². The summed E-state index contributed by atoms with van der Waals surface area (Å²) in [7, 11) is -2.14. The van der Waals surface area contributed by atoms with E-state index in [1.165, 1.54) is 30.1 Å². The zero-order chi connectivity index (χ0) is 36.6. The van der Waals surface area contributed by atoms with Crippen LogP contribution in [-0.2, 0) is 30.8 Å². The third-order valence-electron chi connectivity index (χ3n) is 8.28. The van der Waals surface area contributed by atoms with Crippen molar-refractivity contribution in [1.29, 1.82) is 0 Å². The maximum atomic E-state index is 13.9. The largest absolute Gasteiger partial charge is 0.354 e. The molecule has 1 aromatic carbocycles. The second-order valence-electron chi connectivity index (χ2n) is 14.4. The van der Waals surface area contributed by atoms with Gasteiger partial charge >= 0.3 is 6.03 Å². The summed E-state index contributed by atoms with van der Waals surface area (Å²) in [5.74, 6) is -2.69. The summed E-state index contributed by atoms with van der Waals surface area (Å²) in [5.41, 5.74) is -1.07. The van der Waals surface area contributed by atoms with Gasteiger partial charge in [0.05, 0.1) is 6.26 Å². The molecular weight excluding hydrogens is 653 g/mol. The lowest BCUT2D eigenvalue weighted by atomic mass is 9.85. The number of rotatable bonds is 14. The van der Waals surface area contributed by atoms with Gasteiger partial charge in [-0.1, -0.05) is 59.7 Å². The average molecular weight is 705 g/mol. The smallest absolute Gasteiger partial charge is 0.315 e. The maximum Gasteiger partial charge on any atom is 0.315 e. The second kappa shape index (κ2) is 16.8. The summed E-state index contributed by atoms with van der Waals surface area (Å²) in [6.45, 7) is 10.8. The first kappa shape index (κ1) is 40.8. The lowest BCUT2D eigenvalue weighted by molar-refractivity contribution is -0.142. The number of likely N-dealkylation sites (tertiary alicyclic amines) is 1. The summed E-state index contributed by atoms with van der Waals surface area (Å²) in [5, 5.41) is 10.3. The predicted octanol–water partition coefficient (Wildman–Crippen LogP) is 2.64. The van der Waals surface area contributed by atoms with Crippen molar-refractivity contribution in [3.05, 3.63) is 35.6 Å². The number of nitrogens with zero attached hydrogens (tertiary/aromatic N) is 2. The lowest BCUT2D eigenvalue weighted by Crippen LogP contribution is -2.62. The van der Waals surface area contributed by atoms with E-state index in [9.17, 15) is 40.8 Å². The normalized spacial score (nSPS) is 17.5. The maximum absolute atomic E-state index is 13.9. The average Bonchev–Trinajstić information content (AvgIpc) is 3.44. The molecule has 1 fully saturated rings. The van der Waals surface area contributed by atoms with Gasteiger partial charge in [0.25, 0.3) is 0 Å². The predicted molar refractivity (Wildman–Crippen MR) is 176 cm³/mol. The third kappa shape index (κ3) is 12.2. The van der Waals surface area contributed by atoms with Crippen LogP contribution in [0.1, 0.15) is 66.4 Å². The molecule has 0 aromatic heterocycles. The van der Waals surface area contributed by atoms with Gasteiger partial charge in [0.15, 0.2) is 0 Å². The highest BCUT2D eigenvalue weighted by atomic mass is 32.2. The number of benzene rings is 1. The Morgan fingerprint density at radius 3 is 2.17 bits per heavy atom. The van der Waals surface area contributed by atoms with Gasteiger partial charge in [-0.25, -0.2) is 30.7 Å². The Morgan fingerprint density at radius 2 is 1.62 bits per heavy atom. The molecule has 1 heterocycles. The topological polar surface area (TPSA) is 157 Å². The van der Waals surface area contributed by atoms with Crippen LogP contribution in [0.25, 0.3) is 0 Å². The van der Waals surface area contributed by atoms with Gasteiger partial charge in [0, 0.05) is 39.1 Å². The fourth-order valence-electron chi connectivity index (χ4n) is 5.20. The van der Waals surface area contributed by atoms with Crippen molar-refractivity contribution in [2.45, 2.75) is 97.8 Å².